The van der Waals surface area contributed by atoms with Crippen molar-refractivity contribution in [1.82, 2.24) is 5.32 Å². The quantitative estimate of drug-likeness (QED) is 0.554. The fraction of sp³-hybridized carbons (Fsp3) is 0.474. The SMILES string of the molecule is CCCOc1c(Cl)cc(/C=C(\C#N)C(=O)NC[C@H]2CCCO2)cc1OC. The fourth-order valence-electron chi connectivity index (χ4n) is 2.59. The van der Waals surface area contributed by atoms with Crippen molar-refractivity contribution < 1.29 is 19.0 Å². The number of nitrogens with one attached hydrogen (secondary N) is 1. The summed E-state index contributed by atoms with van der Waals surface area (Å²) in [6.07, 6.45) is 4.24. The Morgan fingerprint density at radius 2 is 2.35 bits per heavy atom. The van der Waals surface area contributed by atoms with E-state index in [-0.39, 0.29) is 11.7 Å². The molecule has 1 atom stereocenters. The van der Waals surface area contributed by atoms with Crippen LogP contribution in [0.1, 0.15) is 31.7 Å². The molecule has 0 radical (unpaired) electrons. The van der Waals surface area contributed by atoms with Gasteiger partial charge in [-0.15, -0.1) is 0 Å². The molecule has 6 nitrogen and oxygen atoms in total. The number of halogens is 1. The lowest BCUT2D eigenvalue weighted by molar-refractivity contribution is -0.117. The maximum atomic E-state index is 12.2. The van der Waals surface area contributed by atoms with E-state index in [1.807, 2.05) is 13.0 Å². The molecule has 1 N–H and O–H groups in total. The van der Waals surface area contributed by atoms with Gasteiger partial charge in [0.25, 0.3) is 5.91 Å². The Balaban J connectivity index is 2.15. The molecule has 7 heteroatoms. The highest BCUT2D eigenvalue weighted by atomic mass is 35.5. The highest BCUT2D eigenvalue weighted by Crippen LogP contribution is 2.37. The van der Waals surface area contributed by atoms with Crippen molar-refractivity contribution in [1.29, 1.82) is 5.26 Å². The molecule has 1 aromatic rings. The molecule has 1 aliphatic rings. The Morgan fingerprint density at radius 3 is 2.96 bits per heavy atom. The van der Waals surface area contributed by atoms with Crippen molar-refractivity contribution in [2.45, 2.75) is 32.3 Å². The Morgan fingerprint density at radius 1 is 1.54 bits per heavy atom. The summed E-state index contributed by atoms with van der Waals surface area (Å²) in [4.78, 5) is 12.2. The van der Waals surface area contributed by atoms with E-state index in [4.69, 9.17) is 25.8 Å². The highest BCUT2D eigenvalue weighted by molar-refractivity contribution is 6.32. The first-order chi connectivity index (χ1) is 12.6. The predicted octanol–water partition coefficient (Wildman–Crippen LogP) is 3.34. The summed E-state index contributed by atoms with van der Waals surface area (Å²) < 4.78 is 16.4. The van der Waals surface area contributed by atoms with Crippen LogP contribution in [0.2, 0.25) is 5.02 Å². The number of hydrogen-bond acceptors (Lipinski definition) is 5. The first-order valence-corrected chi connectivity index (χ1v) is 8.98. The number of nitrogens with zero attached hydrogens (tertiary/aromatic N) is 1. The van der Waals surface area contributed by atoms with E-state index in [1.165, 1.54) is 13.2 Å². The molecule has 0 spiro atoms. The molecule has 0 aromatic heterocycles. The van der Waals surface area contributed by atoms with Crippen LogP contribution in [0.4, 0.5) is 0 Å². The number of ether oxygens (including phenoxy) is 3. The third kappa shape index (κ3) is 5.38. The fourth-order valence-corrected chi connectivity index (χ4v) is 2.86. The van der Waals surface area contributed by atoms with Crippen LogP contribution in [-0.4, -0.2) is 38.9 Å². The van der Waals surface area contributed by atoms with E-state index < -0.39 is 5.91 Å². The molecular weight excluding hydrogens is 356 g/mol. The van der Waals surface area contributed by atoms with E-state index in [0.717, 1.165) is 19.3 Å². The minimum absolute atomic E-state index is 0.0108. The molecule has 1 aliphatic heterocycles. The second-order valence-electron chi connectivity index (χ2n) is 5.90. The van der Waals surface area contributed by atoms with Crippen LogP contribution in [0, 0.1) is 11.3 Å². The number of methoxy groups -OCH3 is 1. The second-order valence-corrected chi connectivity index (χ2v) is 6.30. The van der Waals surface area contributed by atoms with Gasteiger partial charge in [0.15, 0.2) is 11.5 Å². The van der Waals surface area contributed by atoms with Crippen molar-refractivity contribution in [3.05, 3.63) is 28.3 Å². The van der Waals surface area contributed by atoms with Gasteiger partial charge >= 0.3 is 0 Å². The number of benzene rings is 1. The number of carbonyl (C=O) groups excluding carboxylic acids is 1. The summed E-state index contributed by atoms with van der Waals surface area (Å²) in [6, 6.07) is 5.25. The standard InChI is InChI=1S/C19H23ClN2O4/c1-3-6-26-18-16(20)9-13(10-17(18)24-2)8-14(11-21)19(23)22-12-15-5-4-7-25-15/h8-10,15H,3-7,12H2,1-2H3,(H,22,23)/b14-8+/t15-/m1/s1. The van der Waals surface area contributed by atoms with Crippen LogP contribution in [0.5, 0.6) is 11.5 Å². The van der Waals surface area contributed by atoms with E-state index in [2.05, 4.69) is 5.32 Å². The lowest BCUT2D eigenvalue weighted by atomic mass is 10.1. The summed E-state index contributed by atoms with van der Waals surface area (Å²) in [5, 5.41) is 12.4. The highest BCUT2D eigenvalue weighted by Gasteiger charge is 2.18. The lowest BCUT2D eigenvalue weighted by Gasteiger charge is -2.13. The molecule has 0 saturated carbocycles. The maximum Gasteiger partial charge on any atom is 0.262 e. The molecule has 1 aromatic carbocycles. The molecule has 1 saturated heterocycles. The van der Waals surface area contributed by atoms with Gasteiger partial charge in [0.2, 0.25) is 0 Å². The topological polar surface area (TPSA) is 80.6 Å². The molecular formula is C19H23ClN2O4. The van der Waals surface area contributed by atoms with Gasteiger partial charge in [-0.05, 0) is 43.0 Å². The minimum atomic E-state index is -0.440. The van der Waals surface area contributed by atoms with Crippen molar-refractivity contribution >= 4 is 23.6 Å². The van der Waals surface area contributed by atoms with Crippen LogP contribution in [0.15, 0.2) is 17.7 Å². The summed E-state index contributed by atoms with van der Waals surface area (Å²) in [6.45, 7) is 3.62. The zero-order valence-corrected chi connectivity index (χ0v) is 15.8. The van der Waals surface area contributed by atoms with Crippen LogP contribution < -0.4 is 14.8 Å². The number of amides is 1. The molecule has 1 heterocycles. The van der Waals surface area contributed by atoms with E-state index in [1.54, 1.807) is 12.1 Å². The van der Waals surface area contributed by atoms with E-state index in [9.17, 15) is 10.1 Å². The Hall–Kier alpha value is -2.23. The maximum absolute atomic E-state index is 12.2. The largest absolute Gasteiger partial charge is 0.493 e. The Kier molecular flexibility index (Phi) is 7.76. The van der Waals surface area contributed by atoms with Gasteiger partial charge in [0.1, 0.15) is 11.6 Å². The first kappa shape index (κ1) is 20.1. The minimum Gasteiger partial charge on any atom is -0.493 e. The molecule has 1 fully saturated rings. The van der Waals surface area contributed by atoms with Crippen LogP contribution >= 0.6 is 11.6 Å². The molecule has 0 aliphatic carbocycles. The average molecular weight is 379 g/mol. The lowest BCUT2D eigenvalue weighted by Crippen LogP contribution is -2.32. The van der Waals surface area contributed by atoms with Gasteiger partial charge in [-0.2, -0.15) is 5.26 Å². The number of hydrogen-bond donors (Lipinski definition) is 1. The molecule has 140 valence electrons. The van der Waals surface area contributed by atoms with Crippen LogP contribution in [-0.2, 0) is 9.53 Å². The van der Waals surface area contributed by atoms with Crippen LogP contribution in [0.25, 0.3) is 6.08 Å². The predicted molar refractivity (Wildman–Crippen MR) is 99.4 cm³/mol. The third-order valence-corrected chi connectivity index (χ3v) is 4.17. The van der Waals surface area contributed by atoms with Gasteiger partial charge in [0.05, 0.1) is 24.8 Å². The van der Waals surface area contributed by atoms with Gasteiger partial charge in [-0.25, -0.2) is 0 Å². The number of rotatable bonds is 8. The van der Waals surface area contributed by atoms with E-state index in [0.29, 0.717) is 41.8 Å². The van der Waals surface area contributed by atoms with Gasteiger partial charge in [0, 0.05) is 13.2 Å². The summed E-state index contributed by atoms with van der Waals surface area (Å²) in [5.41, 5.74) is 0.572. The van der Waals surface area contributed by atoms with Crippen molar-refractivity contribution in [2.24, 2.45) is 0 Å². The van der Waals surface area contributed by atoms with Gasteiger partial charge in [-0.3, -0.25) is 4.79 Å². The Labute approximate surface area is 158 Å². The zero-order chi connectivity index (χ0) is 18.9. The normalized spacial score (nSPS) is 16.8. The average Bonchev–Trinajstić information content (AvgIpc) is 3.16. The van der Waals surface area contributed by atoms with Crippen molar-refractivity contribution in [2.75, 3.05) is 26.9 Å². The van der Waals surface area contributed by atoms with E-state index >= 15 is 0 Å². The summed E-state index contributed by atoms with van der Waals surface area (Å²) in [7, 11) is 1.51. The number of carbonyl (C=O) groups is 1. The first-order valence-electron chi connectivity index (χ1n) is 8.61. The monoisotopic (exact) mass is 378 g/mol. The van der Waals surface area contributed by atoms with Crippen molar-refractivity contribution in [3.63, 3.8) is 0 Å². The third-order valence-electron chi connectivity index (χ3n) is 3.89. The second kappa shape index (κ2) is 10.0. The summed E-state index contributed by atoms with van der Waals surface area (Å²) in [5.74, 6) is 0.466. The van der Waals surface area contributed by atoms with Crippen LogP contribution in [0.3, 0.4) is 0 Å². The Bertz CT molecular complexity index is 706. The number of nitriles is 1. The summed E-state index contributed by atoms with van der Waals surface area (Å²) >= 11 is 6.27. The zero-order valence-electron chi connectivity index (χ0n) is 15.0. The molecule has 1 amide bonds. The molecule has 0 unspecified atom stereocenters. The van der Waals surface area contributed by atoms with Crippen molar-refractivity contribution in [3.8, 4) is 17.6 Å². The van der Waals surface area contributed by atoms with Gasteiger partial charge < -0.3 is 19.5 Å². The molecule has 26 heavy (non-hydrogen) atoms. The van der Waals surface area contributed by atoms with Gasteiger partial charge in [-0.1, -0.05) is 18.5 Å². The molecule has 0 bridgehead atoms. The smallest absolute Gasteiger partial charge is 0.262 e. The molecule has 2 rings (SSSR count).